The van der Waals surface area contributed by atoms with Crippen LogP contribution in [0.5, 0.6) is 0 Å². The SMILES string of the molecule is c1ccc2oc(-c3n[nH]c4ccc(-c5nc[nH]n5)cc34)cc2c1. The molecule has 0 saturated heterocycles. The van der Waals surface area contributed by atoms with Gasteiger partial charge in [0, 0.05) is 16.3 Å². The molecule has 5 rings (SSSR count). The lowest BCUT2D eigenvalue weighted by Crippen LogP contribution is -1.81. The quantitative estimate of drug-likeness (QED) is 0.520. The zero-order valence-corrected chi connectivity index (χ0v) is 11.9. The van der Waals surface area contributed by atoms with Gasteiger partial charge in [0.2, 0.25) is 0 Å². The highest BCUT2D eigenvalue weighted by molar-refractivity contribution is 5.96. The minimum absolute atomic E-state index is 0.656. The van der Waals surface area contributed by atoms with Gasteiger partial charge in [-0.1, -0.05) is 18.2 Å². The van der Waals surface area contributed by atoms with E-state index in [1.807, 2.05) is 48.5 Å². The number of benzene rings is 2. The van der Waals surface area contributed by atoms with E-state index < -0.39 is 0 Å². The molecular weight excluding hydrogens is 290 g/mol. The van der Waals surface area contributed by atoms with E-state index in [2.05, 4.69) is 25.4 Å². The predicted octanol–water partition coefficient (Wildman–Crippen LogP) is 3.76. The second kappa shape index (κ2) is 4.54. The van der Waals surface area contributed by atoms with Crippen molar-refractivity contribution in [2.45, 2.75) is 0 Å². The summed E-state index contributed by atoms with van der Waals surface area (Å²) < 4.78 is 5.93. The molecule has 0 atom stereocenters. The molecule has 0 radical (unpaired) electrons. The summed E-state index contributed by atoms with van der Waals surface area (Å²) in [5, 5.41) is 16.4. The van der Waals surface area contributed by atoms with Crippen LogP contribution in [0.4, 0.5) is 0 Å². The Kier molecular flexibility index (Phi) is 2.40. The zero-order valence-electron chi connectivity index (χ0n) is 11.9. The van der Waals surface area contributed by atoms with Crippen LogP contribution in [0.25, 0.3) is 44.7 Å². The molecule has 0 spiro atoms. The second-order valence-electron chi connectivity index (χ2n) is 5.30. The Morgan fingerprint density at radius 3 is 2.78 bits per heavy atom. The summed E-state index contributed by atoms with van der Waals surface area (Å²) in [4.78, 5) is 4.19. The summed E-state index contributed by atoms with van der Waals surface area (Å²) >= 11 is 0. The highest BCUT2D eigenvalue weighted by Crippen LogP contribution is 2.32. The van der Waals surface area contributed by atoms with Crippen LogP contribution in [0.15, 0.2) is 59.3 Å². The maximum absolute atomic E-state index is 5.93. The van der Waals surface area contributed by atoms with Crippen molar-refractivity contribution in [2.24, 2.45) is 0 Å². The number of nitrogens with one attached hydrogen (secondary N) is 2. The van der Waals surface area contributed by atoms with Crippen molar-refractivity contribution in [1.29, 1.82) is 0 Å². The Hall–Kier alpha value is -3.41. The van der Waals surface area contributed by atoms with Gasteiger partial charge in [-0.25, -0.2) is 4.98 Å². The maximum Gasteiger partial charge on any atom is 0.180 e. The molecule has 0 saturated carbocycles. The van der Waals surface area contributed by atoms with Crippen molar-refractivity contribution in [3.63, 3.8) is 0 Å². The first-order chi connectivity index (χ1) is 11.4. The van der Waals surface area contributed by atoms with E-state index in [9.17, 15) is 0 Å². The standard InChI is InChI=1S/C17H11N5O/c1-2-4-14-10(3-1)8-15(23-14)16-12-7-11(17-18-9-19-22-17)5-6-13(12)20-21-16/h1-9H,(H,20,21)(H,18,19,22). The van der Waals surface area contributed by atoms with Gasteiger partial charge in [0.05, 0.1) is 5.52 Å². The number of fused-ring (bicyclic) bond motifs is 2. The second-order valence-corrected chi connectivity index (χ2v) is 5.30. The average Bonchev–Trinajstić information content (AvgIpc) is 3.32. The summed E-state index contributed by atoms with van der Waals surface area (Å²) in [5.74, 6) is 1.40. The van der Waals surface area contributed by atoms with Gasteiger partial charge in [0.15, 0.2) is 11.6 Å². The third-order valence-corrected chi connectivity index (χ3v) is 3.89. The van der Waals surface area contributed by atoms with Crippen LogP contribution < -0.4 is 0 Å². The number of aromatic nitrogens is 5. The molecule has 6 heteroatoms. The van der Waals surface area contributed by atoms with E-state index in [4.69, 9.17) is 4.42 Å². The molecular formula is C17H11N5O. The van der Waals surface area contributed by atoms with Crippen molar-refractivity contribution in [3.05, 3.63) is 54.9 Å². The molecule has 0 aliphatic heterocycles. The van der Waals surface area contributed by atoms with E-state index in [-0.39, 0.29) is 0 Å². The van der Waals surface area contributed by atoms with Crippen LogP contribution in [-0.2, 0) is 0 Å². The van der Waals surface area contributed by atoms with Crippen molar-refractivity contribution < 1.29 is 4.42 Å². The van der Waals surface area contributed by atoms with Crippen LogP contribution in [0.1, 0.15) is 0 Å². The van der Waals surface area contributed by atoms with E-state index >= 15 is 0 Å². The number of rotatable bonds is 2. The average molecular weight is 301 g/mol. The van der Waals surface area contributed by atoms with Crippen molar-refractivity contribution in [1.82, 2.24) is 25.4 Å². The number of hydrogen-bond acceptors (Lipinski definition) is 4. The molecule has 2 aromatic carbocycles. The van der Waals surface area contributed by atoms with Crippen LogP contribution >= 0.6 is 0 Å². The van der Waals surface area contributed by atoms with Gasteiger partial charge < -0.3 is 4.42 Å². The highest BCUT2D eigenvalue weighted by atomic mass is 16.3. The first kappa shape index (κ1) is 12.2. The van der Waals surface area contributed by atoms with Crippen LogP contribution in [-0.4, -0.2) is 25.4 Å². The molecule has 0 bridgehead atoms. The van der Waals surface area contributed by atoms with Gasteiger partial charge in [-0.3, -0.25) is 10.2 Å². The topological polar surface area (TPSA) is 83.4 Å². The Balaban J connectivity index is 1.73. The molecule has 0 amide bonds. The molecule has 110 valence electrons. The van der Waals surface area contributed by atoms with Crippen molar-refractivity contribution in [2.75, 3.05) is 0 Å². The minimum Gasteiger partial charge on any atom is -0.454 e. The normalized spacial score (nSPS) is 11.5. The molecule has 0 unspecified atom stereocenters. The number of furan rings is 1. The summed E-state index contributed by atoms with van der Waals surface area (Å²) in [5.41, 5.74) is 3.51. The number of H-pyrrole nitrogens is 2. The number of hydrogen-bond donors (Lipinski definition) is 2. The predicted molar refractivity (Wildman–Crippen MR) is 86.7 cm³/mol. The van der Waals surface area contributed by atoms with Gasteiger partial charge in [0.1, 0.15) is 17.6 Å². The van der Waals surface area contributed by atoms with Crippen LogP contribution in [0.3, 0.4) is 0 Å². The van der Waals surface area contributed by atoms with Gasteiger partial charge in [-0.15, -0.1) is 0 Å². The lowest BCUT2D eigenvalue weighted by molar-refractivity contribution is 0.629. The summed E-state index contributed by atoms with van der Waals surface area (Å²) in [6.07, 6.45) is 1.56. The largest absolute Gasteiger partial charge is 0.454 e. The smallest absolute Gasteiger partial charge is 0.180 e. The number of nitrogens with zero attached hydrogens (tertiary/aromatic N) is 3. The molecule has 3 aromatic heterocycles. The van der Waals surface area contributed by atoms with Crippen molar-refractivity contribution in [3.8, 4) is 22.8 Å². The third-order valence-electron chi connectivity index (χ3n) is 3.89. The Bertz CT molecular complexity index is 1090. The Morgan fingerprint density at radius 1 is 0.957 bits per heavy atom. The first-order valence-corrected chi connectivity index (χ1v) is 7.22. The number of aromatic amines is 2. The molecule has 6 nitrogen and oxygen atoms in total. The lowest BCUT2D eigenvalue weighted by Gasteiger charge is -1.97. The van der Waals surface area contributed by atoms with Crippen LogP contribution in [0.2, 0.25) is 0 Å². The van der Waals surface area contributed by atoms with E-state index in [1.165, 1.54) is 0 Å². The Morgan fingerprint density at radius 2 is 1.91 bits per heavy atom. The Labute approximate surface area is 130 Å². The summed E-state index contributed by atoms with van der Waals surface area (Å²) in [6, 6.07) is 15.9. The zero-order chi connectivity index (χ0) is 15.2. The first-order valence-electron chi connectivity index (χ1n) is 7.22. The molecule has 3 heterocycles. The molecule has 5 aromatic rings. The molecule has 0 aliphatic rings. The molecule has 2 N–H and O–H groups in total. The summed E-state index contributed by atoms with van der Waals surface area (Å²) in [6.45, 7) is 0. The molecule has 23 heavy (non-hydrogen) atoms. The third kappa shape index (κ3) is 1.85. The van der Waals surface area contributed by atoms with E-state index in [0.29, 0.717) is 5.82 Å². The van der Waals surface area contributed by atoms with E-state index in [1.54, 1.807) is 6.33 Å². The molecule has 0 fully saturated rings. The van der Waals surface area contributed by atoms with Crippen molar-refractivity contribution >= 4 is 21.9 Å². The summed E-state index contributed by atoms with van der Waals surface area (Å²) in [7, 11) is 0. The fourth-order valence-corrected chi connectivity index (χ4v) is 2.79. The maximum atomic E-state index is 5.93. The van der Waals surface area contributed by atoms with Gasteiger partial charge in [-0.2, -0.15) is 10.2 Å². The fourth-order valence-electron chi connectivity index (χ4n) is 2.79. The van der Waals surface area contributed by atoms with Crippen LogP contribution in [0, 0.1) is 0 Å². The van der Waals surface area contributed by atoms with Gasteiger partial charge in [0.25, 0.3) is 0 Å². The molecule has 0 aliphatic carbocycles. The van der Waals surface area contributed by atoms with E-state index in [0.717, 1.165) is 38.9 Å². The van der Waals surface area contributed by atoms with Gasteiger partial charge in [-0.05, 0) is 30.3 Å². The minimum atomic E-state index is 0.656. The fraction of sp³-hybridized carbons (Fsp3) is 0. The van der Waals surface area contributed by atoms with Gasteiger partial charge >= 0.3 is 0 Å². The number of para-hydroxylation sites is 1. The lowest BCUT2D eigenvalue weighted by atomic mass is 10.1. The highest BCUT2D eigenvalue weighted by Gasteiger charge is 2.14. The monoisotopic (exact) mass is 301 g/mol.